The van der Waals surface area contributed by atoms with E-state index < -0.39 is 0 Å². The Morgan fingerprint density at radius 2 is 1.57 bits per heavy atom. The van der Waals surface area contributed by atoms with Crippen LogP contribution in [0.5, 0.6) is 5.75 Å². The highest BCUT2D eigenvalue weighted by atomic mass is 35.5. The lowest BCUT2D eigenvalue weighted by molar-refractivity contribution is -0.113. The van der Waals surface area contributed by atoms with Gasteiger partial charge in [0.05, 0.1) is 5.69 Å². The molecule has 6 heteroatoms. The first-order valence-corrected chi connectivity index (χ1v) is 8.84. The van der Waals surface area contributed by atoms with Crippen molar-refractivity contribution in [2.75, 3.05) is 4.90 Å². The Kier molecular flexibility index (Phi) is 4.67. The fraction of sp³-hybridized carbons (Fsp3) is 0. The number of aliphatic imine (C=N–C) groups is 1. The predicted octanol–water partition coefficient (Wildman–Crippen LogP) is 5.02. The molecule has 0 aliphatic carbocycles. The highest BCUT2D eigenvalue weighted by molar-refractivity contribution is 6.34. The number of amides is 1. The number of hydrogen-bond acceptors (Lipinski definition) is 3. The van der Waals surface area contributed by atoms with Crippen molar-refractivity contribution < 1.29 is 14.3 Å². The van der Waals surface area contributed by atoms with E-state index in [1.54, 1.807) is 54.6 Å². The number of amidine groups is 1. The molecule has 0 saturated carbocycles. The average Bonchev–Trinajstić information content (AvgIpc) is 3.01. The van der Waals surface area contributed by atoms with E-state index in [4.69, 9.17) is 11.6 Å². The molecule has 0 unspecified atom stereocenters. The molecule has 4 rings (SSSR count). The van der Waals surface area contributed by atoms with Gasteiger partial charge in [-0.2, -0.15) is 0 Å². The van der Waals surface area contributed by atoms with Crippen LogP contribution >= 0.6 is 11.6 Å². The molecule has 1 amide bonds. The molecule has 1 heterocycles. The standard InChI is InChI=1S/C22H14ClFN2O2/c23-16-5-3-15(4-6-16)21-25-20(13-14-1-7-17(24)8-2-14)22(28)26(21)18-9-11-19(27)12-10-18/h1-13,27H/b20-13+. The molecule has 0 fully saturated rings. The van der Waals surface area contributed by atoms with Crippen LogP contribution in [0.15, 0.2) is 83.5 Å². The number of phenols is 1. The van der Waals surface area contributed by atoms with E-state index in [-0.39, 0.29) is 23.2 Å². The average molecular weight is 393 g/mol. The van der Waals surface area contributed by atoms with Crippen LogP contribution in [0.4, 0.5) is 10.1 Å². The molecular weight excluding hydrogens is 379 g/mol. The van der Waals surface area contributed by atoms with Crippen molar-refractivity contribution in [3.63, 3.8) is 0 Å². The van der Waals surface area contributed by atoms with Gasteiger partial charge in [-0.25, -0.2) is 9.38 Å². The highest BCUT2D eigenvalue weighted by Gasteiger charge is 2.32. The molecule has 0 saturated heterocycles. The van der Waals surface area contributed by atoms with Crippen molar-refractivity contribution in [2.24, 2.45) is 4.99 Å². The largest absolute Gasteiger partial charge is 0.508 e. The smallest absolute Gasteiger partial charge is 0.282 e. The summed E-state index contributed by atoms with van der Waals surface area (Å²) in [5, 5.41) is 10.1. The zero-order chi connectivity index (χ0) is 19.7. The van der Waals surface area contributed by atoms with Gasteiger partial charge in [0.15, 0.2) is 0 Å². The van der Waals surface area contributed by atoms with Crippen LogP contribution in [-0.2, 0) is 4.79 Å². The fourth-order valence-corrected chi connectivity index (χ4v) is 2.99. The third kappa shape index (κ3) is 3.52. The number of carbonyl (C=O) groups excluding carboxylic acids is 1. The Balaban J connectivity index is 1.81. The van der Waals surface area contributed by atoms with Crippen molar-refractivity contribution in [3.05, 3.63) is 100 Å². The van der Waals surface area contributed by atoms with Crippen LogP contribution in [0.1, 0.15) is 11.1 Å². The maximum Gasteiger partial charge on any atom is 0.282 e. The molecular formula is C22H14ClFN2O2. The summed E-state index contributed by atoms with van der Waals surface area (Å²) in [6, 6.07) is 19.1. The van der Waals surface area contributed by atoms with E-state index in [9.17, 15) is 14.3 Å². The normalized spacial score (nSPS) is 15.2. The summed E-state index contributed by atoms with van der Waals surface area (Å²) >= 11 is 5.98. The minimum absolute atomic E-state index is 0.0995. The van der Waals surface area contributed by atoms with Crippen molar-refractivity contribution in [2.45, 2.75) is 0 Å². The summed E-state index contributed by atoms with van der Waals surface area (Å²) in [5.74, 6) is -0.126. The van der Waals surface area contributed by atoms with Gasteiger partial charge in [0.2, 0.25) is 0 Å². The van der Waals surface area contributed by atoms with Crippen LogP contribution in [0.2, 0.25) is 5.02 Å². The summed E-state index contributed by atoms with van der Waals surface area (Å²) < 4.78 is 13.2. The zero-order valence-corrected chi connectivity index (χ0v) is 15.3. The quantitative estimate of drug-likeness (QED) is 0.636. The number of benzene rings is 3. The monoisotopic (exact) mass is 392 g/mol. The molecule has 4 nitrogen and oxygen atoms in total. The maximum absolute atomic E-state index is 13.2. The lowest BCUT2D eigenvalue weighted by Crippen LogP contribution is -2.32. The van der Waals surface area contributed by atoms with E-state index in [1.807, 2.05) is 0 Å². The molecule has 3 aromatic carbocycles. The minimum atomic E-state index is -0.351. The summed E-state index contributed by atoms with van der Waals surface area (Å²) in [7, 11) is 0. The van der Waals surface area contributed by atoms with Gasteiger partial charge in [0.1, 0.15) is 23.1 Å². The third-order valence-electron chi connectivity index (χ3n) is 4.24. The van der Waals surface area contributed by atoms with Gasteiger partial charge in [0, 0.05) is 10.6 Å². The lowest BCUT2D eigenvalue weighted by atomic mass is 10.1. The van der Waals surface area contributed by atoms with Gasteiger partial charge in [-0.05, 0) is 72.3 Å². The predicted molar refractivity (Wildman–Crippen MR) is 108 cm³/mol. The van der Waals surface area contributed by atoms with Crippen molar-refractivity contribution in [1.82, 2.24) is 0 Å². The number of anilines is 1. The Morgan fingerprint density at radius 1 is 0.929 bits per heavy atom. The van der Waals surface area contributed by atoms with Gasteiger partial charge in [-0.3, -0.25) is 9.69 Å². The molecule has 0 spiro atoms. The number of carbonyl (C=O) groups is 1. The van der Waals surface area contributed by atoms with Crippen LogP contribution < -0.4 is 4.90 Å². The molecule has 1 aliphatic heterocycles. The number of nitrogens with zero attached hydrogens (tertiary/aromatic N) is 2. The van der Waals surface area contributed by atoms with Gasteiger partial charge in [-0.15, -0.1) is 0 Å². The van der Waals surface area contributed by atoms with Gasteiger partial charge >= 0.3 is 0 Å². The maximum atomic E-state index is 13.2. The summed E-state index contributed by atoms with van der Waals surface area (Å²) in [4.78, 5) is 19.1. The molecule has 28 heavy (non-hydrogen) atoms. The molecule has 0 bridgehead atoms. The molecule has 0 aromatic heterocycles. The third-order valence-corrected chi connectivity index (χ3v) is 4.50. The summed E-state index contributed by atoms with van der Waals surface area (Å²) in [6.07, 6.45) is 1.61. The first kappa shape index (κ1) is 17.9. The number of phenolic OH excluding ortho intramolecular Hbond substituents is 1. The van der Waals surface area contributed by atoms with E-state index in [1.165, 1.54) is 29.2 Å². The van der Waals surface area contributed by atoms with Crippen LogP contribution in [0.3, 0.4) is 0 Å². The molecule has 138 valence electrons. The zero-order valence-electron chi connectivity index (χ0n) is 14.5. The highest BCUT2D eigenvalue weighted by Crippen LogP contribution is 2.29. The molecule has 1 N–H and O–H groups in total. The summed E-state index contributed by atoms with van der Waals surface area (Å²) in [6.45, 7) is 0. The Hall–Kier alpha value is -3.44. The lowest BCUT2D eigenvalue weighted by Gasteiger charge is -2.18. The summed E-state index contributed by atoms with van der Waals surface area (Å²) in [5.41, 5.74) is 2.17. The second kappa shape index (κ2) is 7.29. The van der Waals surface area contributed by atoms with Gasteiger partial charge in [-0.1, -0.05) is 23.7 Å². The first-order valence-electron chi connectivity index (χ1n) is 8.47. The molecule has 0 atom stereocenters. The van der Waals surface area contributed by atoms with Crippen molar-refractivity contribution in [1.29, 1.82) is 0 Å². The number of halogens is 2. The fourth-order valence-electron chi connectivity index (χ4n) is 2.87. The van der Waals surface area contributed by atoms with Crippen LogP contribution in [0, 0.1) is 5.82 Å². The topological polar surface area (TPSA) is 52.9 Å². The van der Waals surface area contributed by atoms with E-state index in [2.05, 4.69) is 4.99 Å². The number of hydrogen-bond donors (Lipinski definition) is 1. The first-order chi connectivity index (χ1) is 13.5. The van der Waals surface area contributed by atoms with Crippen LogP contribution in [-0.4, -0.2) is 16.8 Å². The van der Waals surface area contributed by atoms with Gasteiger partial charge < -0.3 is 5.11 Å². The Bertz CT molecular complexity index is 1090. The second-order valence-corrected chi connectivity index (χ2v) is 6.62. The van der Waals surface area contributed by atoms with E-state index >= 15 is 0 Å². The van der Waals surface area contributed by atoms with Crippen molar-refractivity contribution in [3.8, 4) is 5.75 Å². The number of rotatable bonds is 3. The van der Waals surface area contributed by atoms with E-state index in [0.29, 0.717) is 27.7 Å². The van der Waals surface area contributed by atoms with Gasteiger partial charge in [0.25, 0.3) is 5.91 Å². The second-order valence-electron chi connectivity index (χ2n) is 6.18. The molecule has 1 aliphatic rings. The van der Waals surface area contributed by atoms with Crippen LogP contribution in [0.25, 0.3) is 6.08 Å². The SMILES string of the molecule is O=C1/C(=C\c2ccc(F)cc2)N=C(c2ccc(Cl)cc2)N1c1ccc(O)cc1. The molecule has 3 aromatic rings. The molecule has 0 radical (unpaired) electrons. The number of aromatic hydroxyl groups is 1. The Labute approximate surface area is 165 Å². The van der Waals surface area contributed by atoms with Crippen molar-refractivity contribution >= 4 is 35.1 Å². The van der Waals surface area contributed by atoms with E-state index in [0.717, 1.165) is 0 Å². The Morgan fingerprint density at radius 3 is 2.21 bits per heavy atom. The minimum Gasteiger partial charge on any atom is -0.508 e.